The van der Waals surface area contributed by atoms with E-state index in [-0.39, 0.29) is 11.5 Å². The van der Waals surface area contributed by atoms with Crippen molar-refractivity contribution in [3.8, 4) is 0 Å². The van der Waals surface area contributed by atoms with Crippen LogP contribution in [0.5, 0.6) is 0 Å². The first-order valence-electron chi connectivity index (χ1n) is 4.88. The summed E-state index contributed by atoms with van der Waals surface area (Å²) in [5, 5.41) is 0. The molecule has 4 heteroatoms. The van der Waals surface area contributed by atoms with Crippen LogP contribution < -0.4 is 5.73 Å². The predicted molar refractivity (Wildman–Crippen MR) is 52.7 cm³/mol. The first-order chi connectivity index (χ1) is 6.99. The summed E-state index contributed by atoms with van der Waals surface area (Å²) in [6, 6.07) is 0.846. The van der Waals surface area contributed by atoms with E-state index in [1.807, 2.05) is 6.92 Å². The Morgan fingerprint density at radius 2 is 1.73 bits per heavy atom. The molecule has 0 amide bonds. The van der Waals surface area contributed by atoms with Crippen LogP contribution >= 0.6 is 0 Å². The van der Waals surface area contributed by atoms with Crippen LogP contribution in [0.4, 0.5) is 13.2 Å². The van der Waals surface area contributed by atoms with Gasteiger partial charge in [0.2, 0.25) is 0 Å². The molecule has 0 aliphatic rings. The largest absolute Gasteiger partial charge is 0.324 e. The van der Waals surface area contributed by atoms with Gasteiger partial charge < -0.3 is 5.73 Å². The van der Waals surface area contributed by atoms with Crippen LogP contribution in [0.1, 0.15) is 31.9 Å². The molecule has 2 atom stereocenters. The molecule has 0 aromatic heterocycles. The zero-order valence-corrected chi connectivity index (χ0v) is 8.73. The topological polar surface area (TPSA) is 26.0 Å². The Kier molecular flexibility index (Phi) is 3.74. The fraction of sp³-hybridized carbons (Fsp3) is 0.455. The third kappa shape index (κ3) is 2.31. The maximum atomic E-state index is 13.3. The Bertz CT molecular complexity index is 352. The Morgan fingerprint density at radius 3 is 2.27 bits per heavy atom. The molecule has 0 aliphatic heterocycles. The van der Waals surface area contributed by atoms with Gasteiger partial charge in [-0.25, -0.2) is 13.2 Å². The lowest BCUT2D eigenvalue weighted by atomic mass is 9.92. The fourth-order valence-electron chi connectivity index (χ4n) is 1.39. The number of benzene rings is 1. The maximum absolute atomic E-state index is 13.3. The summed E-state index contributed by atoms with van der Waals surface area (Å²) in [4.78, 5) is 0. The van der Waals surface area contributed by atoms with Crippen molar-refractivity contribution < 1.29 is 13.2 Å². The van der Waals surface area contributed by atoms with Crippen LogP contribution in [0, 0.1) is 23.4 Å². The van der Waals surface area contributed by atoms with E-state index < -0.39 is 23.5 Å². The van der Waals surface area contributed by atoms with Gasteiger partial charge in [0.25, 0.3) is 0 Å². The van der Waals surface area contributed by atoms with E-state index in [4.69, 9.17) is 5.73 Å². The highest BCUT2D eigenvalue weighted by Crippen LogP contribution is 2.27. The van der Waals surface area contributed by atoms with Gasteiger partial charge in [-0.05, 0) is 18.1 Å². The van der Waals surface area contributed by atoms with Crippen molar-refractivity contribution >= 4 is 0 Å². The molecule has 84 valence electrons. The van der Waals surface area contributed by atoms with Crippen LogP contribution in [0.25, 0.3) is 0 Å². The van der Waals surface area contributed by atoms with Gasteiger partial charge in [-0.1, -0.05) is 20.3 Å². The number of nitrogens with two attached hydrogens (primary N) is 1. The second kappa shape index (κ2) is 4.66. The number of rotatable bonds is 3. The highest BCUT2D eigenvalue weighted by molar-refractivity contribution is 5.24. The van der Waals surface area contributed by atoms with E-state index in [0.717, 1.165) is 12.1 Å². The molecular weight excluding hydrogens is 203 g/mol. The molecule has 1 rings (SSSR count). The van der Waals surface area contributed by atoms with Crippen molar-refractivity contribution in [2.24, 2.45) is 11.7 Å². The maximum Gasteiger partial charge on any atom is 0.166 e. The summed E-state index contributed by atoms with van der Waals surface area (Å²) < 4.78 is 39.5. The van der Waals surface area contributed by atoms with Crippen LogP contribution in [-0.2, 0) is 0 Å². The standard InChI is InChI=1S/C11H14F3N/c1-3-6(2)11(15)9-7(12)4-5-8(13)10(9)14/h4-6,11H,3,15H2,1-2H3/t6?,11-/m0/s1. The third-order valence-electron chi connectivity index (χ3n) is 2.67. The van der Waals surface area contributed by atoms with Crippen molar-refractivity contribution in [3.05, 3.63) is 35.1 Å². The van der Waals surface area contributed by atoms with E-state index in [1.165, 1.54) is 0 Å². The molecule has 15 heavy (non-hydrogen) atoms. The first-order valence-corrected chi connectivity index (χ1v) is 4.88. The van der Waals surface area contributed by atoms with Crippen molar-refractivity contribution in [2.45, 2.75) is 26.3 Å². The first kappa shape index (κ1) is 12.0. The van der Waals surface area contributed by atoms with Gasteiger partial charge in [-0.3, -0.25) is 0 Å². The van der Waals surface area contributed by atoms with Gasteiger partial charge in [0.1, 0.15) is 5.82 Å². The van der Waals surface area contributed by atoms with Crippen molar-refractivity contribution in [1.82, 2.24) is 0 Å². The van der Waals surface area contributed by atoms with E-state index in [9.17, 15) is 13.2 Å². The summed E-state index contributed by atoms with van der Waals surface area (Å²) >= 11 is 0. The molecular formula is C11H14F3N. The summed E-state index contributed by atoms with van der Waals surface area (Å²) in [5.74, 6) is -3.13. The fourth-order valence-corrected chi connectivity index (χ4v) is 1.39. The molecule has 0 radical (unpaired) electrons. The lowest BCUT2D eigenvalue weighted by Crippen LogP contribution is -2.21. The molecule has 0 spiro atoms. The number of halogens is 3. The number of hydrogen-bond acceptors (Lipinski definition) is 1. The zero-order chi connectivity index (χ0) is 11.6. The van der Waals surface area contributed by atoms with Gasteiger partial charge in [0.05, 0.1) is 0 Å². The van der Waals surface area contributed by atoms with Gasteiger partial charge in [-0.15, -0.1) is 0 Å². The lowest BCUT2D eigenvalue weighted by Gasteiger charge is -2.19. The minimum absolute atomic E-state index is 0.101. The minimum atomic E-state index is -1.18. The normalized spacial score (nSPS) is 15.1. The van der Waals surface area contributed by atoms with Crippen LogP contribution in [0.3, 0.4) is 0 Å². The Hall–Kier alpha value is -1.03. The van der Waals surface area contributed by atoms with E-state index in [0.29, 0.717) is 6.42 Å². The van der Waals surface area contributed by atoms with Gasteiger partial charge >= 0.3 is 0 Å². The number of hydrogen-bond donors (Lipinski definition) is 1. The Labute approximate surface area is 87.1 Å². The Morgan fingerprint density at radius 1 is 1.20 bits per heavy atom. The third-order valence-corrected chi connectivity index (χ3v) is 2.67. The molecule has 0 heterocycles. The van der Waals surface area contributed by atoms with Gasteiger partial charge in [-0.2, -0.15) is 0 Å². The summed E-state index contributed by atoms with van der Waals surface area (Å²) in [6.45, 7) is 3.63. The molecule has 0 fully saturated rings. The predicted octanol–water partition coefficient (Wildman–Crippen LogP) is 3.15. The van der Waals surface area contributed by atoms with E-state index >= 15 is 0 Å². The molecule has 1 nitrogen and oxygen atoms in total. The molecule has 1 aromatic rings. The molecule has 1 aromatic carbocycles. The van der Waals surface area contributed by atoms with Crippen LogP contribution in [0.15, 0.2) is 12.1 Å². The van der Waals surface area contributed by atoms with Gasteiger partial charge in [0.15, 0.2) is 11.6 Å². The van der Waals surface area contributed by atoms with Crippen LogP contribution in [0.2, 0.25) is 0 Å². The average Bonchev–Trinajstić information content (AvgIpc) is 2.22. The summed E-state index contributed by atoms with van der Waals surface area (Å²) in [5.41, 5.74) is 5.32. The van der Waals surface area contributed by atoms with E-state index in [2.05, 4.69) is 0 Å². The lowest BCUT2D eigenvalue weighted by molar-refractivity contribution is 0.403. The molecule has 1 unspecified atom stereocenters. The van der Waals surface area contributed by atoms with Crippen LogP contribution in [-0.4, -0.2) is 0 Å². The van der Waals surface area contributed by atoms with Crippen molar-refractivity contribution in [3.63, 3.8) is 0 Å². The molecule has 0 aliphatic carbocycles. The average molecular weight is 217 g/mol. The molecule has 2 N–H and O–H groups in total. The SMILES string of the molecule is CCC(C)[C@H](N)c1c(F)ccc(F)c1F. The van der Waals surface area contributed by atoms with Crippen molar-refractivity contribution in [1.29, 1.82) is 0 Å². The monoisotopic (exact) mass is 217 g/mol. The Balaban J connectivity index is 3.18. The van der Waals surface area contributed by atoms with E-state index in [1.54, 1.807) is 6.92 Å². The van der Waals surface area contributed by atoms with Gasteiger partial charge in [0, 0.05) is 11.6 Å². The zero-order valence-electron chi connectivity index (χ0n) is 8.73. The molecule has 0 saturated carbocycles. The highest BCUT2D eigenvalue weighted by Gasteiger charge is 2.23. The second-order valence-corrected chi connectivity index (χ2v) is 3.67. The smallest absolute Gasteiger partial charge is 0.166 e. The summed E-state index contributed by atoms with van der Waals surface area (Å²) in [7, 11) is 0. The molecule has 0 saturated heterocycles. The quantitative estimate of drug-likeness (QED) is 0.773. The highest BCUT2D eigenvalue weighted by atomic mass is 19.2. The molecule has 0 bridgehead atoms. The second-order valence-electron chi connectivity index (χ2n) is 3.67. The minimum Gasteiger partial charge on any atom is -0.324 e. The van der Waals surface area contributed by atoms with Crippen molar-refractivity contribution in [2.75, 3.05) is 0 Å². The summed E-state index contributed by atoms with van der Waals surface area (Å²) in [6.07, 6.45) is 0.677.